The smallest absolute Gasteiger partial charge is 0.142 e. The molecule has 0 aromatic heterocycles. The average molecular weight is 375 g/mol. The molecule has 0 heterocycles. The standard InChI is InChI=1S/C18H24BBrN2O/c1-18(23,12-6-8-16(21(2)3)14(19)10-12)13-7-9-17(22(4)5)15(20)11-13/h6-11,23H,19H2,1-5H3. The molecule has 3 nitrogen and oxygen atoms in total. The van der Waals surface area contributed by atoms with Crippen LogP contribution in [0.4, 0.5) is 11.4 Å². The van der Waals surface area contributed by atoms with Crippen molar-refractivity contribution >= 4 is 40.6 Å². The van der Waals surface area contributed by atoms with Crippen LogP contribution in [0.25, 0.3) is 0 Å². The average Bonchev–Trinajstić information content (AvgIpc) is 2.46. The minimum Gasteiger partial charge on any atom is -0.381 e. The van der Waals surface area contributed by atoms with Gasteiger partial charge in [-0.25, -0.2) is 0 Å². The highest BCUT2D eigenvalue weighted by molar-refractivity contribution is 9.10. The van der Waals surface area contributed by atoms with Crippen LogP contribution in [0.1, 0.15) is 18.1 Å². The fourth-order valence-electron chi connectivity index (χ4n) is 2.80. The summed E-state index contributed by atoms with van der Waals surface area (Å²) in [5, 5.41) is 11.1. The van der Waals surface area contributed by atoms with E-state index in [1.54, 1.807) is 0 Å². The van der Waals surface area contributed by atoms with E-state index in [9.17, 15) is 5.11 Å². The van der Waals surface area contributed by atoms with Crippen molar-refractivity contribution in [2.24, 2.45) is 0 Å². The minimum atomic E-state index is -1.04. The van der Waals surface area contributed by atoms with Gasteiger partial charge in [-0.05, 0) is 52.2 Å². The third-order valence-electron chi connectivity index (χ3n) is 4.23. The van der Waals surface area contributed by atoms with Gasteiger partial charge in [-0.3, -0.25) is 0 Å². The molecule has 2 aromatic rings. The molecule has 0 saturated carbocycles. The van der Waals surface area contributed by atoms with Gasteiger partial charge in [0, 0.05) is 38.4 Å². The van der Waals surface area contributed by atoms with Gasteiger partial charge in [0.1, 0.15) is 13.4 Å². The first-order valence-corrected chi connectivity index (χ1v) is 8.42. The summed E-state index contributed by atoms with van der Waals surface area (Å²) in [6.45, 7) is 1.84. The highest BCUT2D eigenvalue weighted by atomic mass is 79.9. The first-order valence-electron chi connectivity index (χ1n) is 7.62. The topological polar surface area (TPSA) is 26.7 Å². The van der Waals surface area contributed by atoms with E-state index in [2.05, 4.69) is 40.8 Å². The van der Waals surface area contributed by atoms with Crippen LogP contribution in [0.3, 0.4) is 0 Å². The molecule has 1 N–H and O–H groups in total. The maximum absolute atomic E-state index is 11.1. The highest BCUT2D eigenvalue weighted by Gasteiger charge is 2.27. The van der Waals surface area contributed by atoms with E-state index in [0.717, 1.165) is 32.4 Å². The molecular formula is C18H24BBrN2O. The minimum absolute atomic E-state index is 0.868. The van der Waals surface area contributed by atoms with Crippen molar-refractivity contribution in [2.75, 3.05) is 38.0 Å². The van der Waals surface area contributed by atoms with Crippen molar-refractivity contribution in [1.29, 1.82) is 0 Å². The second kappa shape index (κ2) is 6.58. The lowest BCUT2D eigenvalue weighted by Gasteiger charge is -2.27. The van der Waals surface area contributed by atoms with Crippen LogP contribution in [0, 0.1) is 0 Å². The van der Waals surface area contributed by atoms with Gasteiger partial charge in [0.05, 0.1) is 5.69 Å². The summed E-state index contributed by atoms with van der Waals surface area (Å²) >= 11 is 3.60. The van der Waals surface area contributed by atoms with Crippen LogP contribution in [0.15, 0.2) is 40.9 Å². The Balaban J connectivity index is 2.46. The molecule has 23 heavy (non-hydrogen) atoms. The summed E-state index contributed by atoms with van der Waals surface area (Å²) in [5.74, 6) is 0. The molecule has 0 fully saturated rings. The summed E-state index contributed by atoms with van der Waals surface area (Å²) in [6, 6.07) is 12.1. The summed E-state index contributed by atoms with van der Waals surface area (Å²) in [4.78, 5) is 4.12. The van der Waals surface area contributed by atoms with Crippen LogP contribution >= 0.6 is 15.9 Å². The molecule has 0 aliphatic carbocycles. The molecule has 1 atom stereocenters. The zero-order chi connectivity index (χ0) is 17.4. The molecule has 122 valence electrons. The van der Waals surface area contributed by atoms with Crippen LogP contribution in [0.5, 0.6) is 0 Å². The summed E-state index contributed by atoms with van der Waals surface area (Å²) in [6.07, 6.45) is 0. The Kier molecular flexibility index (Phi) is 5.12. The zero-order valence-electron chi connectivity index (χ0n) is 14.7. The highest BCUT2D eigenvalue weighted by Crippen LogP contribution is 2.34. The lowest BCUT2D eigenvalue weighted by atomic mass is 9.83. The first kappa shape index (κ1) is 17.9. The fraction of sp³-hybridized carbons (Fsp3) is 0.333. The number of nitrogens with zero attached hydrogens (tertiary/aromatic N) is 2. The Morgan fingerprint density at radius 3 is 1.83 bits per heavy atom. The van der Waals surface area contributed by atoms with Crippen molar-refractivity contribution in [3.63, 3.8) is 0 Å². The van der Waals surface area contributed by atoms with E-state index >= 15 is 0 Å². The molecule has 2 aromatic carbocycles. The van der Waals surface area contributed by atoms with Gasteiger partial charge in [0.2, 0.25) is 0 Å². The van der Waals surface area contributed by atoms with Gasteiger partial charge >= 0.3 is 0 Å². The molecule has 2 rings (SSSR count). The second-order valence-electron chi connectivity index (χ2n) is 6.53. The molecule has 0 spiro atoms. The van der Waals surface area contributed by atoms with Crippen LogP contribution in [-0.2, 0) is 5.60 Å². The van der Waals surface area contributed by atoms with Crippen molar-refractivity contribution in [1.82, 2.24) is 0 Å². The van der Waals surface area contributed by atoms with Gasteiger partial charge < -0.3 is 14.9 Å². The molecule has 0 amide bonds. The number of hydrogen-bond acceptors (Lipinski definition) is 3. The van der Waals surface area contributed by atoms with Gasteiger partial charge in [-0.2, -0.15) is 0 Å². The van der Waals surface area contributed by atoms with Crippen LogP contribution in [-0.4, -0.2) is 41.1 Å². The lowest BCUT2D eigenvalue weighted by molar-refractivity contribution is 0.102. The fourth-order valence-corrected chi connectivity index (χ4v) is 3.53. The maximum Gasteiger partial charge on any atom is 0.142 e. The van der Waals surface area contributed by atoms with E-state index in [4.69, 9.17) is 0 Å². The Morgan fingerprint density at radius 1 is 0.913 bits per heavy atom. The normalized spacial score (nSPS) is 13.5. The van der Waals surface area contributed by atoms with Crippen molar-refractivity contribution in [3.8, 4) is 0 Å². The number of halogens is 1. The van der Waals surface area contributed by atoms with E-state index in [0.29, 0.717) is 0 Å². The lowest BCUT2D eigenvalue weighted by Crippen LogP contribution is -2.26. The quantitative estimate of drug-likeness (QED) is 0.830. The predicted molar refractivity (Wildman–Crippen MR) is 106 cm³/mol. The Hall–Kier alpha value is -1.46. The Bertz CT molecular complexity index is 655. The summed E-state index contributed by atoms with van der Waals surface area (Å²) < 4.78 is 0.974. The van der Waals surface area contributed by atoms with Crippen LogP contribution < -0.4 is 15.3 Å². The van der Waals surface area contributed by atoms with E-state index in [1.807, 2.05) is 64.3 Å². The monoisotopic (exact) mass is 374 g/mol. The van der Waals surface area contributed by atoms with E-state index in [-0.39, 0.29) is 0 Å². The maximum atomic E-state index is 11.1. The van der Waals surface area contributed by atoms with Crippen molar-refractivity contribution in [3.05, 3.63) is 52.0 Å². The van der Waals surface area contributed by atoms with E-state index < -0.39 is 5.60 Å². The molecule has 0 saturated heterocycles. The van der Waals surface area contributed by atoms with Gasteiger partial charge in [-0.15, -0.1) is 0 Å². The molecule has 0 aliphatic heterocycles. The number of hydrogen-bond donors (Lipinski definition) is 1. The van der Waals surface area contributed by atoms with Gasteiger partial charge in [0.25, 0.3) is 0 Å². The van der Waals surface area contributed by atoms with Crippen molar-refractivity contribution < 1.29 is 5.11 Å². The number of anilines is 2. The third-order valence-corrected chi connectivity index (χ3v) is 4.87. The Labute approximate surface area is 148 Å². The van der Waals surface area contributed by atoms with Crippen LogP contribution in [0.2, 0.25) is 0 Å². The molecule has 0 bridgehead atoms. The SMILES string of the molecule is Bc1cc(C(C)(O)c2ccc(N(C)C)c(Br)c2)ccc1N(C)C. The van der Waals surface area contributed by atoms with Crippen molar-refractivity contribution in [2.45, 2.75) is 12.5 Å². The third kappa shape index (κ3) is 3.56. The number of rotatable bonds is 4. The zero-order valence-corrected chi connectivity index (χ0v) is 16.3. The second-order valence-corrected chi connectivity index (χ2v) is 7.38. The number of aliphatic hydroxyl groups is 1. The first-order chi connectivity index (χ1) is 10.6. The Morgan fingerprint density at radius 2 is 1.39 bits per heavy atom. The van der Waals surface area contributed by atoms with Gasteiger partial charge in [-0.1, -0.05) is 23.7 Å². The molecule has 1 unspecified atom stereocenters. The largest absolute Gasteiger partial charge is 0.381 e. The molecule has 0 radical (unpaired) electrons. The molecular weight excluding hydrogens is 351 g/mol. The molecule has 5 heteroatoms. The number of benzene rings is 2. The predicted octanol–water partition coefficient (Wildman–Crippen LogP) is 2.10. The van der Waals surface area contributed by atoms with E-state index in [1.165, 1.54) is 0 Å². The molecule has 0 aliphatic rings. The summed E-state index contributed by atoms with van der Waals surface area (Å²) in [7, 11) is 10.1. The van der Waals surface area contributed by atoms with Gasteiger partial charge in [0.15, 0.2) is 0 Å². The summed E-state index contributed by atoms with van der Waals surface area (Å²) in [5.41, 5.74) is 4.12.